The molecule has 0 aliphatic carbocycles. The number of anilines is 1. The number of pyridine rings is 1. The Balaban J connectivity index is 1.52. The minimum absolute atomic E-state index is 0.0167. The van der Waals surface area contributed by atoms with Crippen molar-refractivity contribution in [2.24, 2.45) is 0 Å². The largest absolute Gasteiger partial charge is 0.439 e. The Hall–Kier alpha value is -1.76. The van der Waals surface area contributed by atoms with Gasteiger partial charge in [0.1, 0.15) is 5.75 Å². The van der Waals surface area contributed by atoms with Crippen LogP contribution in [0.25, 0.3) is 0 Å². The first-order valence-electron chi connectivity index (χ1n) is 7.69. The molecular formula is C17H18ClN3O2S. The van der Waals surface area contributed by atoms with Crippen LogP contribution in [-0.4, -0.2) is 35.0 Å². The van der Waals surface area contributed by atoms with Gasteiger partial charge in [-0.2, -0.15) is 11.8 Å². The SMILES string of the molecule is O=C(CC1CSCCN1)Nc1ccc(Oc2ccc(Cl)cn2)cc1. The number of halogens is 1. The molecule has 24 heavy (non-hydrogen) atoms. The third kappa shape index (κ3) is 5.12. The number of thioether (sulfide) groups is 1. The van der Waals surface area contributed by atoms with Crippen molar-refractivity contribution in [2.75, 3.05) is 23.4 Å². The van der Waals surface area contributed by atoms with Crippen molar-refractivity contribution >= 4 is 35.0 Å². The first-order chi connectivity index (χ1) is 11.7. The maximum atomic E-state index is 12.1. The van der Waals surface area contributed by atoms with Crippen molar-refractivity contribution in [3.8, 4) is 11.6 Å². The van der Waals surface area contributed by atoms with Crippen molar-refractivity contribution < 1.29 is 9.53 Å². The van der Waals surface area contributed by atoms with Crippen molar-refractivity contribution in [1.29, 1.82) is 0 Å². The molecule has 1 aromatic heterocycles. The molecule has 5 nitrogen and oxygen atoms in total. The second-order valence-electron chi connectivity index (χ2n) is 5.42. The number of benzene rings is 1. The molecule has 0 bridgehead atoms. The van der Waals surface area contributed by atoms with Crippen LogP contribution in [0.15, 0.2) is 42.6 Å². The van der Waals surface area contributed by atoms with E-state index in [-0.39, 0.29) is 11.9 Å². The lowest BCUT2D eigenvalue weighted by molar-refractivity contribution is -0.116. The fraction of sp³-hybridized carbons (Fsp3) is 0.294. The molecule has 1 aromatic carbocycles. The highest BCUT2D eigenvalue weighted by atomic mass is 35.5. The number of aromatic nitrogens is 1. The average Bonchev–Trinajstić information content (AvgIpc) is 2.59. The fourth-order valence-electron chi connectivity index (χ4n) is 2.34. The van der Waals surface area contributed by atoms with Crippen LogP contribution in [0, 0.1) is 0 Å². The first-order valence-corrected chi connectivity index (χ1v) is 9.23. The zero-order chi connectivity index (χ0) is 16.8. The molecule has 1 amide bonds. The fourth-order valence-corrected chi connectivity index (χ4v) is 3.40. The van der Waals surface area contributed by atoms with Crippen LogP contribution in [0.3, 0.4) is 0 Å². The second-order valence-corrected chi connectivity index (χ2v) is 7.01. The number of rotatable bonds is 5. The monoisotopic (exact) mass is 363 g/mol. The Morgan fingerprint density at radius 3 is 2.83 bits per heavy atom. The van der Waals surface area contributed by atoms with Crippen molar-refractivity contribution in [3.05, 3.63) is 47.6 Å². The zero-order valence-corrected chi connectivity index (χ0v) is 14.6. The van der Waals surface area contributed by atoms with Crippen LogP contribution in [-0.2, 0) is 4.79 Å². The van der Waals surface area contributed by atoms with Crippen molar-refractivity contribution in [1.82, 2.24) is 10.3 Å². The summed E-state index contributed by atoms with van der Waals surface area (Å²) < 4.78 is 5.62. The number of hydrogen-bond donors (Lipinski definition) is 2. The minimum Gasteiger partial charge on any atom is -0.439 e. The van der Waals surface area contributed by atoms with Gasteiger partial charge in [-0.3, -0.25) is 4.79 Å². The first kappa shape index (κ1) is 17.1. The number of nitrogens with zero attached hydrogens (tertiary/aromatic N) is 1. The molecule has 1 fully saturated rings. The summed E-state index contributed by atoms with van der Waals surface area (Å²) in [7, 11) is 0. The van der Waals surface area contributed by atoms with Gasteiger partial charge in [-0.15, -0.1) is 0 Å². The molecule has 2 aromatic rings. The summed E-state index contributed by atoms with van der Waals surface area (Å²) in [6.45, 7) is 0.966. The summed E-state index contributed by atoms with van der Waals surface area (Å²) in [5.41, 5.74) is 0.750. The number of amides is 1. The summed E-state index contributed by atoms with van der Waals surface area (Å²) >= 11 is 7.67. The molecule has 126 valence electrons. The minimum atomic E-state index is 0.0167. The van der Waals surface area contributed by atoms with E-state index in [1.807, 2.05) is 23.9 Å². The van der Waals surface area contributed by atoms with E-state index in [2.05, 4.69) is 15.6 Å². The number of hydrogen-bond acceptors (Lipinski definition) is 5. The standard InChI is InChI=1S/C17H18ClN3O2S/c18-12-1-6-17(20-10-12)23-15-4-2-13(3-5-15)21-16(22)9-14-11-24-8-7-19-14/h1-6,10,14,19H,7-9,11H2,(H,21,22). The van der Waals surface area contributed by atoms with Gasteiger partial charge in [-0.05, 0) is 30.3 Å². The van der Waals surface area contributed by atoms with Gasteiger partial charge in [0.2, 0.25) is 11.8 Å². The number of carbonyl (C=O) groups excluding carboxylic acids is 1. The molecule has 0 radical (unpaired) electrons. The molecule has 2 N–H and O–H groups in total. The molecule has 2 heterocycles. The lowest BCUT2D eigenvalue weighted by atomic mass is 10.2. The van der Waals surface area contributed by atoms with E-state index >= 15 is 0 Å². The Bertz CT molecular complexity index is 673. The number of carbonyl (C=O) groups is 1. The van der Waals surface area contributed by atoms with Gasteiger partial charge in [0.15, 0.2) is 0 Å². The molecule has 1 aliphatic heterocycles. The van der Waals surface area contributed by atoms with Crippen LogP contribution in [0.5, 0.6) is 11.6 Å². The predicted molar refractivity (Wildman–Crippen MR) is 98.1 cm³/mol. The van der Waals surface area contributed by atoms with E-state index in [1.165, 1.54) is 6.20 Å². The van der Waals surface area contributed by atoms with E-state index in [1.54, 1.807) is 24.3 Å². The molecule has 3 rings (SSSR count). The van der Waals surface area contributed by atoms with E-state index < -0.39 is 0 Å². The van der Waals surface area contributed by atoms with E-state index in [9.17, 15) is 4.79 Å². The summed E-state index contributed by atoms with van der Waals surface area (Å²) in [5, 5.41) is 6.83. The van der Waals surface area contributed by atoms with Crippen LogP contribution >= 0.6 is 23.4 Å². The molecule has 0 saturated carbocycles. The van der Waals surface area contributed by atoms with Gasteiger partial charge in [-0.25, -0.2) is 4.98 Å². The molecule has 1 unspecified atom stereocenters. The number of nitrogens with one attached hydrogen (secondary N) is 2. The Morgan fingerprint density at radius 1 is 1.33 bits per heavy atom. The van der Waals surface area contributed by atoms with Crippen LogP contribution in [0.2, 0.25) is 5.02 Å². The predicted octanol–water partition coefficient (Wildman–Crippen LogP) is 3.56. The summed E-state index contributed by atoms with van der Waals surface area (Å²) in [5.74, 6) is 3.23. The molecule has 1 aliphatic rings. The van der Waals surface area contributed by atoms with Gasteiger partial charge < -0.3 is 15.4 Å². The topological polar surface area (TPSA) is 63.2 Å². The van der Waals surface area contributed by atoms with Crippen molar-refractivity contribution in [3.63, 3.8) is 0 Å². The van der Waals surface area contributed by atoms with Crippen LogP contribution in [0.1, 0.15) is 6.42 Å². The van der Waals surface area contributed by atoms with Gasteiger partial charge in [0, 0.05) is 48.5 Å². The molecule has 1 atom stereocenters. The molecule has 7 heteroatoms. The second kappa shape index (κ2) is 8.37. The third-order valence-electron chi connectivity index (χ3n) is 3.49. The highest BCUT2D eigenvalue weighted by molar-refractivity contribution is 7.99. The van der Waals surface area contributed by atoms with Crippen molar-refractivity contribution in [2.45, 2.75) is 12.5 Å². The Morgan fingerprint density at radius 2 is 2.17 bits per heavy atom. The van der Waals surface area contributed by atoms with Crippen LogP contribution < -0.4 is 15.4 Å². The summed E-state index contributed by atoms with van der Waals surface area (Å²) in [6, 6.07) is 10.9. The number of ether oxygens (including phenoxy) is 1. The third-order valence-corrected chi connectivity index (χ3v) is 4.85. The van der Waals surface area contributed by atoms with Gasteiger partial charge >= 0.3 is 0 Å². The van der Waals surface area contributed by atoms with Gasteiger partial charge in [-0.1, -0.05) is 11.6 Å². The normalized spacial score (nSPS) is 17.3. The van der Waals surface area contributed by atoms with E-state index in [0.717, 1.165) is 23.7 Å². The quantitative estimate of drug-likeness (QED) is 0.850. The van der Waals surface area contributed by atoms with E-state index in [4.69, 9.17) is 16.3 Å². The maximum absolute atomic E-state index is 12.1. The van der Waals surface area contributed by atoms with E-state index in [0.29, 0.717) is 23.1 Å². The summed E-state index contributed by atoms with van der Waals surface area (Å²) in [4.78, 5) is 16.2. The van der Waals surface area contributed by atoms with Gasteiger partial charge in [0.05, 0.1) is 5.02 Å². The van der Waals surface area contributed by atoms with Gasteiger partial charge in [0.25, 0.3) is 0 Å². The highest BCUT2D eigenvalue weighted by Gasteiger charge is 2.16. The zero-order valence-electron chi connectivity index (χ0n) is 13.0. The smallest absolute Gasteiger partial charge is 0.225 e. The molecular weight excluding hydrogens is 346 g/mol. The highest BCUT2D eigenvalue weighted by Crippen LogP contribution is 2.22. The average molecular weight is 364 g/mol. The molecule has 0 spiro atoms. The Kier molecular flexibility index (Phi) is 5.96. The maximum Gasteiger partial charge on any atom is 0.225 e. The lowest BCUT2D eigenvalue weighted by Crippen LogP contribution is -2.39. The lowest BCUT2D eigenvalue weighted by Gasteiger charge is -2.22. The molecule has 1 saturated heterocycles. The van der Waals surface area contributed by atoms with Crippen LogP contribution in [0.4, 0.5) is 5.69 Å². The summed E-state index contributed by atoms with van der Waals surface area (Å²) in [6.07, 6.45) is 2.02. The Labute approximate surface area is 150 Å².